The van der Waals surface area contributed by atoms with Gasteiger partial charge in [-0.05, 0) is 12.8 Å². The molecule has 1 aromatic rings. The highest BCUT2D eigenvalue weighted by Gasteiger charge is 2.05. The smallest absolute Gasteiger partial charge is 0.225 e. The largest absolute Gasteiger partial charge is 0.309 e. The van der Waals surface area contributed by atoms with Crippen LogP contribution in [0.5, 0.6) is 0 Å². The molecule has 0 aromatic carbocycles. The maximum Gasteiger partial charge on any atom is 0.225 e. The van der Waals surface area contributed by atoms with E-state index in [0.717, 1.165) is 37.8 Å². The van der Waals surface area contributed by atoms with E-state index < -0.39 is 0 Å². The number of aryl methyl sites for hydroxylation is 1. The molecule has 4 nitrogen and oxygen atoms in total. The third-order valence-corrected chi connectivity index (χ3v) is 2.43. The van der Waals surface area contributed by atoms with Crippen LogP contribution in [-0.4, -0.2) is 16.1 Å². The van der Waals surface area contributed by atoms with Gasteiger partial charge in [0.2, 0.25) is 5.91 Å². The van der Waals surface area contributed by atoms with Gasteiger partial charge in [0.15, 0.2) is 5.82 Å². The lowest BCUT2D eigenvalue weighted by molar-refractivity contribution is -0.116. The van der Waals surface area contributed by atoms with Crippen LogP contribution < -0.4 is 5.32 Å². The van der Waals surface area contributed by atoms with Crippen molar-refractivity contribution in [2.75, 3.05) is 5.32 Å². The van der Waals surface area contributed by atoms with Crippen LogP contribution in [0.3, 0.4) is 0 Å². The van der Waals surface area contributed by atoms with E-state index in [1.54, 1.807) is 0 Å². The van der Waals surface area contributed by atoms with Gasteiger partial charge >= 0.3 is 0 Å². The topological polar surface area (TPSA) is 57.8 Å². The lowest BCUT2D eigenvalue weighted by Crippen LogP contribution is -2.11. The highest BCUT2D eigenvalue weighted by Crippen LogP contribution is 2.08. The zero-order chi connectivity index (χ0) is 11.8. The Morgan fingerprint density at radius 3 is 2.88 bits per heavy atom. The van der Waals surface area contributed by atoms with E-state index in [4.69, 9.17) is 0 Å². The van der Waals surface area contributed by atoms with Crippen LogP contribution in [-0.2, 0) is 11.2 Å². The highest BCUT2D eigenvalue weighted by molar-refractivity contribution is 5.89. The number of anilines is 1. The Morgan fingerprint density at radius 1 is 1.38 bits per heavy atom. The Hall–Kier alpha value is -1.32. The van der Waals surface area contributed by atoms with Gasteiger partial charge < -0.3 is 5.32 Å². The molecule has 0 saturated carbocycles. The van der Waals surface area contributed by atoms with Crippen molar-refractivity contribution in [1.82, 2.24) is 10.2 Å². The van der Waals surface area contributed by atoms with Crippen LogP contribution in [0.4, 0.5) is 5.82 Å². The van der Waals surface area contributed by atoms with Gasteiger partial charge in [-0.3, -0.25) is 9.89 Å². The van der Waals surface area contributed by atoms with Gasteiger partial charge in [-0.2, -0.15) is 5.10 Å². The average molecular weight is 223 g/mol. The maximum absolute atomic E-state index is 11.5. The second-order valence-electron chi connectivity index (χ2n) is 4.03. The molecule has 1 aromatic heterocycles. The van der Waals surface area contributed by atoms with Crippen LogP contribution in [0.15, 0.2) is 6.07 Å². The Labute approximate surface area is 96.8 Å². The van der Waals surface area contributed by atoms with Gasteiger partial charge in [-0.15, -0.1) is 0 Å². The minimum Gasteiger partial charge on any atom is -0.309 e. The molecule has 0 aliphatic heterocycles. The monoisotopic (exact) mass is 223 g/mol. The van der Waals surface area contributed by atoms with Crippen molar-refractivity contribution in [3.05, 3.63) is 11.8 Å². The van der Waals surface area contributed by atoms with Crippen molar-refractivity contribution >= 4 is 11.7 Å². The van der Waals surface area contributed by atoms with Crippen LogP contribution in [0.2, 0.25) is 0 Å². The molecule has 0 aliphatic rings. The van der Waals surface area contributed by atoms with E-state index in [1.807, 2.05) is 6.07 Å². The molecule has 1 heterocycles. The number of amides is 1. The predicted molar refractivity (Wildman–Crippen MR) is 65.4 cm³/mol. The maximum atomic E-state index is 11.5. The molecule has 0 bridgehead atoms. The molecule has 0 spiro atoms. The molecule has 1 rings (SSSR count). The van der Waals surface area contributed by atoms with Gasteiger partial charge in [-0.1, -0.05) is 33.1 Å². The summed E-state index contributed by atoms with van der Waals surface area (Å²) in [5, 5.41) is 9.76. The first-order valence-electron chi connectivity index (χ1n) is 6.10. The summed E-state index contributed by atoms with van der Waals surface area (Å²) in [6.07, 6.45) is 5.83. The number of H-pyrrole nitrogens is 1. The van der Waals surface area contributed by atoms with Crippen molar-refractivity contribution in [1.29, 1.82) is 0 Å². The Balaban J connectivity index is 2.31. The number of carbonyl (C=O) groups excluding carboxylic acids is 1. The molecule has 0 unspecified atom stereocenters. The molecule has 16 heavy (non-hydrogen) atoms. The van der Waals surface area contributed by atoms with Crippen LogP contribution >= 0.6 is 0 Å². The van der Waals surface area contributed by atoms with Crippen molar-refractivity contribution in [2.45, 2.75) is 52.4 Å². The number of nitrogens with zero attached hydrogens (tertiary/aromatic N) is 1. The molecule has 90 valence electrons. The summed E-state index contributed by atoms with van der Waals surface area (Å²) < 4.78 is 0. The van der Waals surface area contributed by atoms with Crippen LogP contribution in [0, 0.1) is 0 Å². The van der Waals surface area contributed by atoms with Crippen LogP contribution in [0.25, 0.3) is 0 Å². The number of hydrogen-bond acceptors (Lipinski definition) is 2. The van der Waals surface area contributed by atoms with Crippen molar-refractivity contribution < 1.29 is 4.79 Å². The third kappa shape index (κ3) is 4.47. The van der Waals surface area contributed by atoms with Gasteiger partial charge in [-0.25, -0.2) is 0 Å². The zero-order valence-electron chi connectivity index (χ0n) is 10.2. The zero-order valence-corrected chi connectivity index (χ0v) is 10.2. The molecule has 0 aliphatic carbocycles. The summed E-state index contributed by atoms with van der Waals surface area (Å²) in [6.45, 7) is 4.24. The summed E-state index contributed by atoms with van der Waals surface area (Å²) >= 11 is 0. The normalized spacial score (nSPS) is 10.4. The number of nitrogens with one attached hydrogen (secondary N) is 2. The van der Waals surface area contributed by atoms with E-state index in [2.05, 4.69) is 29.4 Å². The molecule has 2 N–H and O–H groups in total. The standard InChI is InChI=1S/C12H21N3O/c1-3-5-6-8-12(16)13-11-9-10(7-4-2)14-15-11/h9H,3-8H2,1-2H3,(H2,13,14,15,16). The molecule has 0 atom stereocenters. The quantitative estimate of drug-likeness (QED) is 0.698. The number of aromatic nitrogens is 2. The van der Waals surface area contributed by atoms with Gasteiger partial charge in [0, 0.05) is 18.2 Å². The molecular weight excluding hydrogens is 202 g/mol. The second kappa shape index (κ2) is 7.04. The Kier molecular flexibility index (Phi) is 5.61. The first kappa shape index (κ1) is 12.7. The van der Waals surface area contributed by atoms with E-state index in [0.29, 0.717) is 12.2 Å². The molecule has 0 saturated heterocycles. The highest BCUT2D eigenvalue weighted by atomic mass is 16.1. The number of hydrogen-bond donors (Lipinski definition) is 2. The van der Waals surface area contributed by atoms with Crippen molar-refractivity contribution in [2.24, 2.45) is 0 Å². The number of carbonyl (C=O) groups is 1. The Morgan fingerprint density at radius 2 is 2.19 bits per heavy atom. The minimum atomic E-state index is 0.0583. The second-order valence-corrected chi connectivity index (χ2v) is 4.03. The SMILES string of the molecule is CCCCCC(=O)Nc1cc(CCC)[nH]n1. The van der Waals surface area contributed by atoms with Crippen LogP contribution in [0.1, 0.15) is 51.6 Å². The molecule has 0 radical (unpaired) electrons. The summed E-state index contributed by atoms with van der Waals surface area (Å²) in [5.41, 5.74) is 1.08. The van der Waals surface area contributed by atoms with Gasteiger partial charge in [0.1, 0.15) is 0 Å². The summed E-state index contributed by atoms with van der Waals surface area (Å²) in [6, 6.07) is 1.90. The summed E-state index contributed by atoms with van der Waals surface area (Å²) in [5.74, 6) is 0.702. The van der Waals surface area contributed by atoms with E-state index in [9.17, 15) is 4.79 Å². The number of aromatic amines is 1. The fourth-order valence-electron chi connectivity index (χ4n) is 1.56. The molecular formula is C12H21N3O. The Bertz CT molecular complexity index is 320. The molecule has 4 heteroatoms. The van der Waals surface area contributed by atoms with E-state index in [1.165, 1.54) is 0 Å². The van der Waals surface area contributed by atoms with Gasteiger partial charge in [0.05, 0.1) is 0 Å². The first-order valence-corrected chi connectivity index (χ1v) is 6.10. The number of unbranched alkanes of at least 4 members (excludes halogenated alkanes) is 2. The van der Waals surface area contributed by atoms with Gasteiger partial charge in [0.25, 0.3) is 0 Å². The molecule has 1 amide bonds. The van der Waals surface area contributed by atoms with Crippen molar-refractivity contribution in [3.63, 3.8) is 0 Å². The number of rotatable bonds is 7. The van der Waals surface area contributed by atoms with E-state index >= 15 is 0 Å². The first-order chi connectivity index (χ1) is 7.76. The fourth-order valence-corrected chi connectivity index (χ4v) is 1.56. The van der Waals surface area contributed by atoms with E-state index in [-0.39, 0.29) is 5.91 Å². The lowest BCUT2D eigenvalue weighted by Gasteiger charge is -2.00. The summed E-state index contributed by atoms with van der Waals surface area (Å²) in [7, 11) is 0. The predicted octanol–water partition coefficient (Wildman–Crippen LogP) is 2.88. The third-order valence-electron chi connectivity index (χ3n) is 2.43. The average Bonchev–Trinajstić information content (AvgIpc) is 2.66. The summed E-state index contributed by atoms with van der Waals surface area (Å²) in [4.78, 5) is 11.5. The van der Waals surface area contributed by atoms with Crippen molar-refractivity contribution in [3.8, 4) is 0 Å². The minimum absolute atomic E-state index is 0.0583. The lowest BCUT2D eigenvalue weighted by atomic mass is 10.2. The fraction of sp³-hybridized carbons (Fsp3) is 0.667. The molecule has 0 fully saturated rings.